The molecule has 1 rings (SSSR count). The van der Waals surface area contributed by atoms with Gasteiger partial charge in [-0.15, -0.1) is 0 Å². The molecule has 0 spiro atoms. The first-order valence-electron chi connectivity index (χ1n) is 3.36. The average molecular weight is 171 g/mol. The SMILES string of the molecule is NC/C(=C\F)Cc1ccsc1. The molecule has 0 aliphatic rings. The number of hydrogen-bond acceptors (Lipinski definition) is 2. The predicted molar refractivity (Wildman–Crippen MR) is 46.3 cm³/mol. The molecule has 11 heavy (non-hydrogen) atoms. The summed E-state index contributed by atoms with van der Waals surface area (Å²) >= 11 is 1.61. The Balaban J connectivity index is 2.55. The molecule has 0 aromatic carbocycles. The van der Waals surface area contributed by atoms with E-state index >= 15 is 0 Å². The molecule has 0 aliphatic carbocycles. The van der Waals surface area contributed by atoms with Crippen molar-refractivity contribution in [3.8, 4) is 0 Å². The normalized spacial score (nSPS) is 12.0. The van der Waals surface area contributed by atoms with Crippen LogP contribution in [0.1, 0.15) is 5.56 Å². The molecular formula is C8H10FNS. The molecule has 0 atom stereocenters. The highest BCUT2D eigenvalue weighted by atomic mass is 32.1. The van der Waals surface area contributed by atoms with E-state index in [1.54, 1.807) is 11.3 Å². The first-order chi connectivity index (χ1) is 5.36. The van der Waals surface area contributed by atoms with E-state index in [1.165, 1.54) is 0 Å². The molecule has 1 nitrogen and oxygen atoms in total. The van der Waals surface area contributed by atoms with Gasteiger partial charge < -0.3 is 5.73 Å². The minimum Gasteiger partial charge on any atom is -0.327 e. The molecule has 0 saturated heterocycles. The Morgan fingerprint density at radius 3 is 3.00 bits per heavy atom. The number of rotatable bonds is 3. The summed E-state index contributed by atoms with van der Waals surface area (Å²) in [6.07, 6.45) is 1.23. The van der Waals surface area contributed by atoms with Crippen molar-refractivity contribution in [2.75, 3.05) is 6.54 Å². The Morgan fingerprint density at radius 2 is 2.55 bits per heavy atom. The lowest BCUT2D eigenvalue weighted by molar-refractivity contribution is 0.700. The zero-order chi connectivity index (χ0) is 8.10. The Bertz CT molecular complexity index is 228. The maximum absolute atomic E-state index is 12.0. The third-order valence-electron chi connectivity index (χ3n) is 1.43. The monoisotopic (exact) mass is 171 g/mol. The van der Waals surface area contributed by atoms with E-state index in [4.69, 9.17) is 5.73 Å². The third kappa shape index (κ3) is 2.44. The van der Waals surface area contributed by atoms with Crippen molar-refractivity contribution in [1.29, 1.82) is 0 Å². The van der Waals surface area contributed by atoms with Crippen LogP contribution in [0.25, 0.3) is 0 Å². The lowest BCUT2D eigenvalue weighted by Crippen LogP contribution is -2.04. The summed E-state index contributed by atoms with van der Waals surface area (Å²) in [4.78, 5) is 0. The van der Waals surface area contributed by atoms with Crippen LogP contribution in [0.4, 0.5) is 4.39 Å². The van der Waals surface area contributed by atoms with Gasteiger partial charge in [-0.05, 0) is 34.4 Å². The lowest BCUT2D eigenvalue weighted by atomic mass is 10.1. The van der Waals surface area contributed by atoms with Gasteiger partial charge in [0.05, 0.1) is 6.33 Å². The summed E-state index contributed by atoms with van der Waals surface area (Å²) in [5.41, 5.74) is 7.07. The van der Waals surface area contributed by atoms with Gasteiger partial charge >= 0.3 is 0 Å². The van der Waals surface area contributed by atoms with Crippen LogP contribution >= 0.6 is 11.3 Å². The molecule has 1 heterocycles. The summed E-state index contributed by atoms with van der Waals surface area (Å²) in [5.74, 6) is 0. The van der Waals surface area contributed by atoms with Gasteiger partial charge in [-0.2, -0.15) is 11.3 Å². The molecule has 0 amide bonds. The van der Waals surface area contributed by atoms with Crippen LogP contribution in [-0.2, 0) is 6.42 Å². The molecule has 3 heteroatoms. The third-order valence-corrected chi connectivity index (χ3v) is 2.16. The van der Waals surface area contributed by atoms with E-state index in [0.29, 0.717) is 24.9 Å². The van der Waals surface area contributed by atoms with E-state index in [0.717, 1.165) is 5.56 Å². The van der Waals surface area contributed by atoms with Crippen molar-refractivity contribution in [2.24, 2.45) is 5.73 Å². The van der Waals surface area contributed by atoms with Crippen molar-refractivity contribution in [1.82, 2.24) is 0 Å². The molecule has 60 valence electrons. The maximum Gasteiger partial charge on any atom is 0.0875 e. The summed E-state index contributed by atoms with van der Waals surface area (Å²) in [7, 11) is 0. The molecule has 0 aliphatic heterocycles. The zero-order valence-electron chi connectivity index (χ0n) is 6.09. The second-order valence-electron chi connectivity index (χ2n) is 2.28. The van der Waals surface area contributed by atoms with Crippen molar-refractivity contribution in [2.45, 2.75) is 6.42 Å². The molecule has 0 bridgehead atoms. The van der Waals surface area contributed by atoms with E-state index in [9.17, 15) is 4.39 Å². The van der Waals surface area contributed by atoms with Gasteiger partial charge in [-0.3, -0.25) is 0 Å². The summed E-state index contributed by atoms with van der Waals surface area (Å²) in [5, 5.41) is 3.97. The Hall–Kier alpha value is -0.670. The fourth-order valence-electron chi connectivity index (χ4n) is 0.811. The van der Waals surface area contributed by atoms with Crippen LogP contribution in [0.3, 0.4) is 0 Å². The zero-order valence-corrected chi connectivity index (χ0v) is 6.90. The lowest BCUT2D eigenvalue weighted by Gasteiger charge is -1.98. The molecule has 0 fully saturated rings. The first kappa shape index (κ1) is 8.43. The van der Waals surface area contributed by atoms with Gasteiger partial charge in [0.1, 0.15) is 0 Å². The highest BCUT2D eigenvalue weighted by molar-refractivity contribution is 7.07. The van der Waals surface area contributed by atoms with Gasteiger partial charge in [-0.25, -0.2) is 4.39 Å². The first-order valence-corrected chi connectivity index (χ1v) is 4.30. The number of nitrogens with two attached hydrogens (primary N) is 1. The van der Waals surface area contributed by atoms with Gasteiger partial charge in [0.25, 0.3) is 0 Å². The van der Waals surface area contributed by atoms with Crippen LogP contribution in [0, 0.1) is 0 Å². The largest absolute Gasteiger partial charge is 0.327 e. The summed E-state index contributed by atoms with van der Waals surface area (Å²) < 4.78 is 12.0. The number of thiophene rings is 1. The van der Waals surface area contributed by atoms with Crippen molar-refractivity contribution >= 4 is 11.3 Å². The van der Waals surface area contributed by atoms with Crippen LogP contribution in [-0.4, -0.2) is 6.54 Å². The van der Waals surface area contributed by atoms with E-state index < -0.39 is 0 Å². The van der Waals surface area contributed by atoms with Crippen LogP contribution < -0.4 is 5.73 Å². The summed E-state index contributed by atoms with van der Waals surface area (Å²) in [6.45, 7) is 0.298. The minimum absolute atomic E-state index is 0.298. The van der Waals surface area contributed by atoms with Gasteiger partial charge in [0, 0.05) is 6.54 Å². The Kier molecular flexibility index (Phi) is 3.26. The topological polar surface area (TPSA) is 26.0 Å². The molecular weight excluding hydrogens is 161 g/mol. The van der Waals surface area contributed by atoms with Gasteiger partial charge in [0.2, 0.25) is 0 Å². The fourth-order valence-corrected chi connectivity index (χ4v) is 1.48. The Labute approximate surface area is 69.3 Å². The minimum atomic E-state index is 0.298. The Morgan fingerprint density at radius 1 is 1.73 bits per heavy atom. The van der Waals surface area contributed by atoms with Crippen LogP contribution in [0.5, 0.6) is 0 Å². The quantitative estimate of drug-likeness (QED) is 0.740. The molecule has 0 unspecified atom stereocenters. The highest BCUT2D eigenvalue weighted by Gasteiger charge is 1.97. The molecule has 1 aromatic rings. The molecule has 2 N–H and O–H groups in total. The van der Waals surface area contributed by atoms with Crippen molar-refractivity contribution in [3.63, 3.8) is 0 Å². The summed E-state index contributed by atoms with van der Waals surface area (Å²) in [6, 6.07) is 1.98. The molecule has 0 radical (unpaired) electrons. The second kappa shape index (κ2) is 4.26. The van der Waals surface area contributed by atoms with Gasteiger partial charge in [-0.1, -0.05) is 0 Å². The molecule has 0 saturated carbocycles. The predicted octanol–water partition coefficient (Wildman–Crippen LogP) is 2.10. The van der Waals surface area contributed by atoms with Crippen molar-refractivity contribution in [3.05, 3.63) is 34.3 Å². The van der Waals surface area contributed by atoms with E-state index in [2.05, 4.69) is 0 Å². The van der Waals surface area contributed by atoms with E-state index in [1.807, 2.05) is 16.8 Å². The van der Waals surface area contributed by atoms with Crippen LogP contribution in [0.2, 0.25) is 0 Å². The maximum atomic E-state index is 12.0. The van der Waals surface area contributed by atoms with Gasteiger partial charge in [0.15, 0.2) is 0 Å². The smallest absolute Gasteiger partial charge is 0.0875 e. The highest BCUT2D eigenvalue weighted by Crippen LogP contribution is 2.10. The number of halogens is 1. The van der Waals surface area contributed by atoms with Crippen LogP contribution in [0.15, 0.2) is 28.7 Å². The molecule has 1 aromatic heterocycles. The van der Waals surface area contributed by atoms with Crippen molar-refractivity contribution < 1.29 is 4.39 Å². The van der Waals surface area contributed by atoms with E-state index in [-0.39, 0.29) is 0 Å². The average Bonchev–Trinajstić information content (AvgIpc) is 2.52. The second-order valence-corrected chi connectivity index (χ2v) is 3.06. The fraction of sp³-hybridized carbons (Fsp3) is 0.250. The number of hydrogen-bond donors (Lipinski definition) is 1. The standard InChI is InChI=1S/C8H10FNS/c9-4-8(5-10)3-7-1-2-11-6-7/h1-2,4,6H,3,5,10H2/b8-4-.